The smallest absolute Gasteiger partial charge is 0.147 e. The van der Waals surface area contributed by atoms with Crippen LogP contribution in [0.2, 0.25) is 0 Å². The summed E-state index contributed by atoms with van der Waals surface area (Å²) in [6.45, 7) is 2.19. The first-order valence-electron chi connectivity index (χ1n) is 18.0. The highest BCUT2D eigenvalue weighted by atomic mass is 32.1. The molecule has 0 saturated heterocycles. The van der Waals surface area contributed by atoms with Crippen molar-refractivity contribution in [3.63, 3.8) is 0 Å². The molecule has 0 aliphatic heterocycles. The van der Waals surface area contributed by atoms with E-state index < -0.39 is 0 Å². The summed E-state index contributed by atoms with van der Waals surface area (Å²) < 4.78 is 4.89. The van der Waals surface area contributed by atoms with E-state index in [0.29, 0.717) is 0 Å². The van der Waals surface area contributed by atoms with E-state index in [9.17, 15) is 0 Å². The Morgan fingerprint density at radius 3 is 1.83 bits per heavy atom. The van der Waals surface area contributed by atoms with Crippen LogP contribution in [0.25, 0.3) is 92.8 Å². The number of thiophene rings is 1. The minimum absolute atomic E-state index is 0.936. The molecule has 2 heterocycles. The number of imidazole rings is 1. The highest BCUT2D eigenvalue weighted by Gasteiger charge is 2.23. The lowest BCUT2D eigenvalue weighted by atomic mass is 9.95. The van der Waals surface area contributed by atoms with E-state index in [2.05, 4.69) is 200 Å². The van der Waals surface area contributed by atoms with E-state index in [-0.39, 0.29) is 0 Å². The largest absolute Gasteiger partial charge is 0.292 e. The van der Waals surface area contributed by atoms with Gasteiger partial charge in [0.25, 0.3) is 0 Å². The van der Waals surface area contributed by atoms with E-state index in [1.54, 1.807) is 0 Å². The zero-order valence-electron chi connectivity index (χ0n) is 29.2. The second-order valence-electron chi connectivity index (χ2n) is 13.6. The molecule has 0 aliphatic carbocycles. The fraction of sp³-hybridized carbons (Fsp3) is 0.0200. The molecule has 10 rings (SSSR count). The Morgan fingerprint density at radius 2 is 1.08 bits per heavy atom. The fourth-order valence-electron chi connectivity index (χ4n) is 7.82. The van der Waals surface area contributed by atoms with E-state index in [1.807, 2.05) is 11.3 Å². The van der Waals surface area contributed by atoms with Gasteiger partial charge < -0.3 is 0 Å². The van der Waals surface area contributed by atoms with Crippen LogP contribution >= 0.6 is 11.3 Å². The lowest BCUT2D eigenvalue weighted by molar-refractivity contribution is 1.11. The van der Waals surface area contributed by atoms with E-state index in [1.165, 1.54) is 64.7 Å². The third-order valence-corrected chi connectivity index (χ3v) is 11.6. The first kappa shape index (κ1) is 31.2. The summed E-state index contributed by atoms with van der Waals surface area (Å²) in [6.07, 6.45) is 0. The molecule has 0 atom stereocenters. The summed E-state index contributed by atoms with van der Waals surface area (Å²) in [5, 5.41) is 2.54. The Hall–Kier alpha value is -6.55. The quantitative estimate of drug-likeness (QED) is 0.169. The lowest BCUT2D eigenvalue weighted by Gasteiger charge is -2.17. The summed E-state index contributed by atoms with van der Waals surface area (Å²) in [6, 6.07) is 67.8. The summed E-state index contributed by atoms with van der Waals surface area (Å²) in [7, 11) is 0. The second kappa shape index (κ2) is 12.9. The standard InChI is InChI=1S/C50H34N2S/c1-33-15-11-12-22-39(33)38-25-27-41-47(32-38)53-49-42(29-28-40(48(41)49)35-18-7-3-8-19-35)50-51-44-23-13-14-24-46(44)52(50)45-30-26-37(34-16-5-2-6-17-34)31-43(45)36-20-9-4-10-21-36/h2-32H,1H3. The molecule has 10 aromatic rings. The monoisotopic (exact) mass is 694 g/mol. The highest BCUT2D eigenvalue weighted by Crippen LogP contribution is 2.47. The van der Waals surface area contributed by atoms with Gasteiger partial charge in [0.2, 0.25) is 0 Å². The van der Waals surface area contributed by atoms with Crippen LogP contribution in [0, 0.1) is 6.92 Å². The molecule has 0 bridgehead atoms. The number of fused-ring (bicyclic) bond motifs is 4. The van der Waals surface area contributed by atoms with Crippen molar-refractivity contribution in [2.45, 2.75) is 6.92 Å². The van der Waals surface area contributed by atoms with E-state index in [0.717, 1.165) is 33.7 Å². The van der Waals surface area contributed by atoms with E-state index >= 15 is 0 Å². The molecule has 53 heavy (non-hydrogen) atoms. The van der Waals surface area contributed by atoms with Crippen molar-refractivity contribution < 1.29 is 0 Å². The second-order valence-corrected chi connectivity index (χ2v) is 14.6. The maximum absolute atomic E-state index is 5.44. The Morgan fingerprint density at radius 1 is 0.453 bits per heavy atom. The van der Waals surface area contributed by atoms with Gasteiger partial charge in [-0.2, -0.15) is 0 Å². The van der Waals surface area contributed by atoms with Crippen LogP contribution in [0.5, 0.6) is 0 Å². The third kappa shape index (κ3) is 5.37. The van der Waals surface area contributed by atoms with Gasteiger partial charge in [-0.05, 0) is 87.8 Å². The molecule has 3 heteroatoms. The number of aryl methyl sites for hydroxylation is 1. The number of hydrogen-bond donors (Lipinski definition) is 0. The topological polar surface area (TPSA) is 17.8 Å². The molecule has 0 N–H and O–H groups in total. The molecule has 2 aromatic heterocycles. The first-order chi connectivity index (χ1) is 26.2. The predicted molar refractivity (Wildman–Crippen MR) is 226 cm³/mol. The van der Waals surface area contributed by atoms with Gasteiger partial charge in [0.1, 0.15) is 5.82 Å². The van der Waals surface area contributed by atoms with Crippen molar-refractivity contribution in [3.8, 4) is 61.6 Å². The lowest BCUT2D eigenvalue weighted by Crippen LogP contribution is -2.01. The first-order valence-corrected chi connectivity index (χ1v) is 18.9. The van der Waals surface area contributed by atoms with E-state index in [4.69, 9.17) is 4.98 Å². The van der Waals surface area contributed by atoms with Crippen LogP contribution in [-0.4, -0.2) is 9.55 Å². The van der Waals surface area contributed by atoms with Crippen molar-refractivity contribution >= 4 is 42.5 Å². The van der Waals surface area contributed by atoms with Crippen molar-refractivity contribution in [2.75, 3.05) is 0 Å². The van der Waals surface area contributed by atoms with Crippen LogP contribution in [0.15, 0.2) is 188 Å². The minimum Gasteiger partial charge on any atom is -0.292 e. The van der Waals surface area contributed by atoms with Crippen LogP contribution in [0.3, 0.4) is 0 Å². The predicted octanol–water partition coefficient (Wildman–Crippen LogP) is 14.0. The maximum atomic E-state index is 5.44. The molecule has 0 radical (unpaired) electrons. The summed E-state index contributed by atoms with van der Waals surface area (Å²) >= 11 is 1.87. The van der Waals surface area contributed by atoms with Gasteiger partial charge in [-0.3, -0.25) is 4.57 Å². The van der Waals surface area contributed by atoms with Crippen LogP contribution in [0.4, 0.5) is 0 Å². The van der Waals surface area contributed by atoms with Gasteiger partial charge in [-0.25, -0.2) is 4.98 Å². The summed E-state index contributed by atoms with van der Waals surface area (Å²) in [5.74, 6) is 0.936. The molecule has 0 saturated carbocycles. The molecule has 0 aliphatic rings. The van der Waals surface area contributed by atoms with Crippen LogP contribution in [0.1, 0.15) is 5.56 Å². The van der Waals surface area contributed by atoms with Gasteiger partial charge in [-0.15, -0.1) is 11.3 Å². The molecule has 0 unspecified atom stereocenters. The third-order valence-electron chi connectivity index (χ3n) is 10.4. The van der Waals surface area contributed by atoms with Gasteiger partial charge in [0, 0.05) is 31.3 Å². The molecule has 8 aromatic carbocycles. The van der Waals surface area contributed by atoms with Crippen LogP contribution < -0.4 is 0 Å². The molecular weight excluding hydrogens is 661 g/mol. The molecule has 0 spiro atoms. The normalized spacial score (nSPS) is 11.5. The Labute approximate surface area is 312 Å². The van der Waals surface area contributed by atoms with Crippen molar-refractivity contribution in [2.24, 2.45) is 0 Å². The number of nitrogens with zero attached hydrogens (tertiary/aromatic N) is 2. The number of benzene rings is 8. The molecule has 2 nitrogen and oxygen atoms in total. The molecule has 0 amide bonds. The van der Waals surface area contributed by atoms with Gasteiger partial charge in [0.15, 0.2) is 0 Å². The van der Waals surface area contributed by atoms with Gasteiger partial charge >= 0.3 is 0 Å². The minimum atomic E-state index is 0.936. The maximum Gasteiger partial charge on any atom is 0.147 e. The number of aromatic nitrogens is 2. The van der Waals surface area contributed by atoms with Crippen molar-refractivity contribution in [1.29, 1.82) is 0 Å². The van der Waals surface area contributed by atoms with Crippen molar-refractivity contribution in [1.82, 2.24) is 9.55 Å². The molecule has 250 valence electrons. The summed E-state index contributed by atoms with van der Waals surface area (Å²) in [5.41, 5.74) is 15.2. The number of para-hydroxylation sites is 2. The number of hydrogen-bond acceptors (Lipinski definition) is 2. The zero-order chi connectivity index (χ0) is 35.3. The summed E-state index contributed by atoms with van der Waals surface area (Å²) in [4.78, 5) is 5.44. The Bertz CT molecular complexity index is 2940. The van der Waals surface area contributed by atoms with Gasteiger partial charge in [-0.1, -0.05) is 152 Å². The molecular formula is C50H34N2S. The zero-order valence-corrected chi connectivity index (χ0v) is 30.0. The van der Waals surface area contributed by atoms with Gasteiger partial charge in [0.05, 0.1) is 16.7 Å². The average Bonchev–Trinajstić information content (AvgIpc) is 3.80. The van der Waals surface area contributed by atoms with Crippen LogP contribution in [-0.2, 0) is 0 Å². The highest BCUT2D eigenvalue weighted by molar-refractivity contribution is 7.26. The SMILES string of the molecule is Cc1ccccc1-c1ccc2c(c1)sc1c(-c3nc4ccccc4n3-c3ccc(-c4ccccc4)cc3-c3ccccc3)ccc(-c3ccccc3)c12. The fourth-order valence-corrected chi connectivity index (χ4v) is 9.10. The van der Waals surface area contributed by atoms with Crippen molar-refractivity contribution in [3.05, 3.63) is 194 Å². The molecule has 0 fully saturated rings. The Balaban J connectivity index is 1.27. The number of rotatable bonds is 6. The Kier molecular flexibility index (Phi) is 7.59. The average molecular weight is 695 g/mol.